The zero-order chi connectivity index (χ0) is 15.3. The molecule has 0 radical (unpaired) electrons. The van der Waals surface area contributed by atoms with E-state index in [0.717, 1.165) is 10.4 Å². The molecular weight excluding hydrogens is 286 g/mol. The van der Waals surface area contributed by atoms with Crippen LogP contribution in [0.1, 0.15) is 6.42 Å². The zero-order valence-corrected chi connectivity index (χ0v) is 12.1. The zero-order valence-electron chi connectivity index (χ0n) is 11.3. The Balaban J connectivity index is 3.03. The van der Waals surface area contributed by atoms with Gasteiger partial charge in [-0.25, -0.2) is 12.7 Å². The van der Waals surface area contributed by atoms with Gasteiger partial charge in [-0.3, -0.25) is 10.1 Å². The Morgan fingerprint density at radius 2 is 2.10 bits per heavy atom. The summed E-state index contributed by atoms with van der Waals surface area (Å²) in [4.78, 5) is 9.92. The number of nitro benzene ring substituents is 1. The summed E-state index contributed by atoms with van der Waals surface area (Å²) in [5.74, 6) is 0. The summed E-state index contributed by atoms with van der Waals surface area (Å²) in [5.41, 5.74) is 4.95. The van der Waals surface area contributed by atoms with E-state index in [9.17, 15) is 18.5 Å². The van der Waals surface area contributed by atoms with Gasteiger partial charge in [0, 0.05) is 33.4 Å². The molecule has 0 spiro atoms. The number of nitro groups is 1. The molecule has 0 amide bonds. The third-order valence-corrected chi connectivity index (χ3v) is 4.58. The molecule has 8 nitrogen and oxygen atoms in total. The Labute approximate surface area is 117 Å². The van der Waals surface area contributed by atoms with Gasteiger partial charge in [0.15, 0.2) is 0 Å². The van der Waals surface area contributed by atoms with Gasteiger partial charge in [0.1, 0.15) is 5.69 Å². The summed E-state index contributed by atoms with van der Waals surface area (Å²) in [6.07, 6.45) is 0.531. The van der Waals surface area contributed by atoms with Gasteiger partial charge in [-0.15, -0.1) is 0 Å². The number of hydrogen-bond acceptors (Lipinski definition) is 6. The number of sulfonamides is 1. The molecule has 1 aromatic carbocycles. The highest BCUT2D eigenvalue weighted by Gasteiger charge is 2.24. The lowest BCUT2D eigenvalue weighted by Crippen LogP contribution is -2.28. The van der Waals surface area contributed by atoms with Gasteiger partial charge in [0.25, 0.3) is 5.69 Å². The van der Waals surface area contributed by atoms with Crippen molar-refractivity contribution in [2.45, 2.75) is 11.3 Å². The first-order chi connectivity index (χ1) is 9.30. The number of nitrogens with zero attached hydrogens (tertiary/aromatic N) is 2. The third kappa shape index (κ3) is 3.65. The monoisotopic (exact) mass is 303 g/mol. The van der Waals surface area contributed by atoms with E-state index >= 15 is 0 Å². The quantitative estimate of drug-likeness (QED) is 0.345. The van der Waals surface area contributed by atoms with Gasteiger partial charge >= 0.3 is 0 Å². The average Bonchev–Trinajstić information content (AvgIpc) is 2.38. The Morgan fingerprint density at radius 1 is 1.45 bits per heavy atom. The number of nitrogen functional groups attached to an aromatic ring is 1. The van der Waals surface area contributed by atoms with E-state index in [2.05, 4.69) is 0 Å². The number of nitrogens with two attached hydrogens (primary N) is 1. The fourth-order valence-electron chi connectivity index (χ4n) is 1.57. The van der Waals surface area contributed by atoms with E-state index in [-0.39, 0.29) is 17.1 Å². The molecule has 0 aliphatic heterocycles. The van der Waals surface area contributed by atoms with Gasteiger partial charge in [-0.2, -0.15) is 0 Å². The molecule has 0 heterocycles. The maximum Gasteiger partial charge on any atom is 0.293 e. The SMILES string of the molecule is COCCCN(C)S(=O)(=O)c1ccc(N)c([N+](=O)[O-])c1. The smallest absolute Gasteiger partial charge is 0.293 e. The van der Waals surface area contributed by atoms with Gasteiger partial charge in [-0.05, 0) is 18.6 Å². The summed E-state index contributed by atoms with van der Waals surface area (Å²) in [6.45, 7) is 0.691. The molecule has 1 rings (SSSR count). The molecule has 0 bridgehead atoms. The van der Waals surface area contributed by atoms with Crippen molar-refractivity contribution < 1.29 is 18.1 Å². The second-order valence-electron chi connectivity index (χ2n) is 4.15. The van der Waals surface area contributed by atoms with Crippen LogP contribution < -0.4 is 5.73 Å². The van der Waals surface area contributed by atoms with Crippen LogP contribution in [0.2, 0.25) is 0 Å². The van der Waals surface area contributed by atoms with E-state index in [1.165, 1.54) is 26.3 Å². The minimum Gasteiger partial charge on any atom is -0.393 e. The van der Waals surface area contributed by atoms with Crippen LogP contribution in [0.25, 0.3) is 0 Å². The van der Waals surface area contributed by atoms with Gasteiger partial charge < -0.3 is 10.5 Å². The van der Waals surface area contributed by atoms with Crippen LogP contribution in [0, 0.1) is 10.1 Å². The van der Waals surface area contributed by atoms with E-state index in [1.54, 1.807) is 0 Å². The van der Waals surface area contributed by atoms with E-state index in [4.69, 9.17) is 10.5 Å². The highest BCUT2D eigenvalue weighted by atomic mass is 32.2. The lowest BCUT2D eigenvalue weighted by atomic mass is 10.3. The molecule has 2 N–H and O–H groups in total. The number of hydrogen-bond donors (Lipinski definition) is 1. The predicted molar refractivity (Wildman–Crippen MR) is 73.8 cm³/mol. The normalized spacial score (nSPS) is 11.8. The molecule has 0 saturated heterocycles. The molecule has 9 heteroatoms. The van der Waals surface area contributed by atoms with Crippen molar-refractivity contribution in [3.05, 3.63) is 28.3 Å². The lowest BCUT2D eigenvalue weighted by Gasteiger charge is -2.17. The van der Waals surface area contributed by atoms with Crippen LogP contribution in [-0.2, 0) is 14.8 Å². The van der Waals surface area contributed by atoms with Gasteiger partial charge in [-0.1, -0.05) is 0 Å². The summed E-state index contributed by atoms with van der Waals surface area (Å²) in [5, 5.41) is 10.8. The second-order valence-corrected chi connectivity index (χ2v) is 6.20. The predicted octanol–water partition coefficient (Wildman–Crippen LogP) is 0.834. The minimum absolute atomic E-state index is 0.0732. The molecule has 1 aromatic rings. The van der Waals surface area contributed by atoms with Crippen LogP contribution >= 0.6 is 0 Å². The lowest BCUT2D eigenvalue weighted by molar-refractivity contribution is -0.384. The standard InChI is InChI=1S/C11H17N3O5S/c1-13(6-3-7-19-2)20(17,18)9-4-5-10(12)11(8-9)14(15)16/h4-5,8H,3,6-7,12H2,1-2H3. The maximum atomic E-state index is 12.2. The molecule has 0 aromatic heterocycles. The van der Waals surface area contributed by atoms with Crippen molar-refractivity contribution in [3.8, 4) is 0 Å². The number of ether oxygens (including phenoxy) is 1. The average molecular weight is 303 g/mol. The van der Waals surface area contributed by atoms with Crippen LogP contribution in [0.4, 0.5) is 11.4 Å². The Morgan fingerprint density at radius 3 is 2.65 bits per heavy atom. The van der Waals surface area contributed by atoms with E-state index in [0.29, 0.717) is 13.0 Å². The van der Waals surface area contributed by atoms with Crippen molar-refractivity contribution in [3.63, 3.8) is 0 Å². The highest BCUT2D eigenvalue weighted by Crippen LogP contribution is 2.26. The molecule has 0 unspecified atom stereocenters. The Bertz CT molecular complexity index is 588. The maximum absolute atomic E-state index is 12.2. The largest absolute Gasteiger partial charge is 0.393 e. The van der Waals surface area contributed by atoms with Crippen LogP contribution in [0.3, 0.4) is 0 Å². The topological polar surface area (TPSA) is 116 Å². The van der Waals surface area contributed by atoms with E-state index in [1.807, 2.05) is 0 Å². The van der Waals surface area contributed by atoms with Crippen LogP contribution in [0.5, 0.6) is 0 Å². The third-order valence-electron chi connectivity index (χ3n) is 2.73. The van der Waals surface area contributed by atoms with Crippen LogP contribution in [-0.4, -0.2) is 45.0 Å². The molecule has 0 aliphatic rings. The number of rotatable bonds is 7. The Hall–Kier alpha value is -1.71. The molecule has 0 aliphatic carbocycles. The second kappa shape index (κ2) is 6.64. The van der Waals surface area contributed by atoms with Crippen LogP contribution in [0.15, 0.2) is 23.1 Å². The summed E-state index contributed by atoms with van der Waals surface area (Å²) in [6, 6.07) is 3.44. The fraction of sp³-hybridized carbons (Fsp3) is 0.455. The minimum atomic E-state index is -3.77. The highest BCUT2D eigenvalue weighted by molar-refractivity contribution is 7.89. The van der Waals surface area contributed by atoms with Gasteiger partial charge in [0.05, 0.1) is 9.82 Å². The van der Waals surface area contributed by atoms with Crippen molar-refractivity contribution in [2.75, 3.05) is 33.0 Å². The van der Waals surface area contributed by atoms with Crippen molar-refractivity contribution in [1.29, 1.82) is 0 Å². The summed E-state index contributed by atoms with van der Waals surface area (Å²) in [7, 11) is -0.839. The molecule has 0 fully saturated rings. The van der Waals surface area contributed by atoms with Crippen molar-refractivity contribution >= 4 is 21.4 Å². The van der Waals surface area contributed by atoms with Gasteiger partial charge in [0.2, 0.25) is 10.0 Å². The molecule has 0 saturated carbocycles. The number of benzene rings is 1. The molecule has 0 atom stereocenters. The van der Waals surface area contributed by atoms with E-state index < -0.39 is 20.6 Å². The first-order valence-corrected chi connectivity index (χ1v) is 7.24. The van der Waals surface area contributed by atoms with Crippen molar-refractivity contribution in [2.24, 2.45) is 0 Å². The summed E-state index contributed by atoms with van der Waals surface area (Å²) >= 11 is 0. The Kier molecular flexibility index (Phi) is 5.43. The molecule has 20 heavy (non-hydrogen) atoms. The molecular formula is C11H17N3O5S. The fourth-order valence-corrected chi connectivity index (χ4v) is 2.80. The first-order valence-electron chi connectivity index (χ1n) is 5.80. The number of anilines is 1. The van der Waals surface area contributed by atoms with Crippen molar-refractivity contribution in [1.82, 2.24) is 4.31 Å². The summed E-state index contributed by atoms with van der Waals surface area (Å²) < 4.78 is 30.4. The number of methoxy groups -OCH3 is 1. The first kappa shape index (κ1) is 16.3. The molecule has 112 valence electrons.